The third-order valence-corrected chi connectivity index (χ3v) is 2.09. The van der Waals surface area contributed by atoms with Crippen LogP contribution in [0, 0.1) is 0 Å². The maximum atomic E-state index is 11.3. The number of aliphatic hydroxyl groups is 1. The first-order valence-corrected chi connectivity index (χ1v) is 5.21. The van der Waals surface area contributed by atoms with Gasteiger partial charge in [0.15, 0.2) is 5.70 Å². The van der Waals surface area contributed by atoms with Crippen LogP contribution in [0.2, 0.25) is 5.02 Å². The number of carbonyl (C=O) groups is 1. The molecule has 0 unspecified atom stereocenters. The van der Waals surface area contributed by atoms with Gasteiger partial charge >= 0.3 is 0 Å². The number of aliphatic hydroxyl groups excluding tert-OH is 1. The molecular weight excluding hydrogens is 242 g/mol. The van der Waals surface area contributed by atoms with E-state index in [9.17, 15) is 9.90 Å². The molecule has 2 N–H and O–H groups in total. The monoisotopic (exact) mass is 253 g/mol. The average Bonchev–Trinajstić information content (AvgIpc) is 2.28. The Bertz CT molecular complexity index is 479. The number of allylic oxidation sites excluding steroid dienone is 1. The number of nitrogens with zero attached hydrogens (tertiary/aromatic N) is 2. The van der Waals surface area contributed by atoms with Crippen LogP contribution in [0.25, 0.3) is 0 Å². The second-order valence-corrected chi connectivity index (χ2v) is 3.63. The zero-order chi connectivity index (χ0) is 12.8. The van der Waals surface area contributed by atoms with Gasteiger partial charge in [0.2, 0.25) is 0 Å². The predicted molar refractivity (Wildman–Crippen MR) is 65.4 cm³/mol. The first-order valence-electron chi connectivity index (χ1n) is 4.84. The van der Waals surface area contributed by atoms with Gasteiger partial charge in [-0.2, -0.15) is 5.11 Å². The highest BCUT2D eigenvalue weighted by atomic mass is 35.5. The molecule has 1 rings (SSSR count). The van der Waals surface area contributed by atoms with E-state index in [0.717, 1.165) is 0 Å². The second kappa shape index (κ2) is 6.00. The summed E-state index contributed by atoms with van der Waals surface area (Å²) in [6.45, 7) is 1.36. The fourth-order valence-corrected chi connectivity index (χ4v) is 1.23. The molecule has 0 fully saturated rings. The number of amides is 1. The van der Waals surface area contributed by atoms with Crippen LogP contribution in [0.3, 0.4) is 0 Å². The predicted octanol–water partition coefficient (Wildman–Crippen LogP) is 2.96. The van der Waals surface area contributed by atoms with Crippen molar-refractivity contribution in [2.75, 3.05) is 7.05 Å². The molecule has 0 aliphatic heterocycles. The quantitative estimate of drug-likeness (QED) is 0.494. The first kappa shape index (κ1) is 13.2. The highest BCUT2D eigenvalue weighted by Crippen LogP contribution is 2.19. The molecule has 1 aromatic rings. The van der Waals surface area contributed by atoms with Crippen molar-refractivity contribution in [3.05, 3.63) is 40.7 Å². The van der Waals surface area contributed by atoms with E-state index in [1.54, 1.807) is 24.3 Å². The molecule has 0 radical (unpaired) electrons. The highest BCUT2D eigenvalue weighted by molar-refractivity contribution is 6.30. The lowest BCUT2D eigenvalue weighted by molar-refractivity contribution is -0.117. The summed E-state index contributed by atoms with van der Waals surface area (Å²) in [6, 6.07) is 6.70. The number of hydrogen-bond donors (Lipinski definition) is 2. The van der Waals surface area contributed by atoms with Crippen molar-refractivity contribution in [3.63, 3.8) is 0 Å². The number of carbonyl (C=O) groups excluding carboxylic acids is 1. The summed E-state index contributed by atoms with van der Waals surface area (Å²) in [5.74, 6) is -0.703. The van der Waals surface area contributed by atoms with Gasteiger partial charge in [-0.15, -0.1) is 5.11 Å². The van der Waals surface area contributed by atoms with E-state index in [2.05, 4.69) is 15.5 Å². The minimum atomic E-state index is -0.504. The highest BCUT2D eigenvalue weighted by Gasteiger charge is 2.10. The summed E-state index contributed by atoms with van der Waals surface area (Å²) in [6.07, 6.45) is 0. The fourth-order valence-electron chi connectivity index (χ4n) is 1.05. The minimum absolute atomic E-state index is 0.132. The average molecular weight is 254 g/mol. The molecule has 0 atom stereocenters. The van der Waals surface area contributed by atoms with Gasteiger partial charge in [0, 0.05) is 12.1 Å². The number of benzene rings is 1. The Labute approximate surface area is 104 Å². The van der Waals surface area contributed by atoms with Gasteiger partial charge in [0.05, 0.1) is 5.69 Å². The van der Waals surface area contributed by atoms with E-state index in [1.165, 1.54) is 14.0 Å². The van der Waals surface area contributed by atoms with E-state index in [4.69, 9.17) is 11.6 Å². The lowest BCUT2D eigenvalue weighted by Gasteiger charge is -2.00. The molecule has 0 bridgehead atoms. The molecule has 90 valence electrons. The van der Waals surface area contributed by atoms with E-state index >= 15 is 0 Å². The van der Waals surface area contributed by atoms with Gasteiger partial charge in [-0.1, -0.05) is 17.7 Å². The number of rotatable bonds is 3. The van der Waals surface area contributed by atoms with Crippen LogP contribution < -0.4 is 5.32 Å². The largest absolute Gasteiger partial charge is 0.510 e. The van der Waals surface area contributed by atoms with Gasteiger partial charge < -0.3 is 10.4 Å². The number of likely N-dealkylation sites (N-methyl/N-ethyl adjacent to an activating group) is 1. The van der Waals surface area contributed by atoms with Crippen molar-refractivity contribution in [2.24, 2.45) is 10.2 Å². The summed E-state index contributed by atoms with van der Waals surface area (Å²) < 4.78 is 0. The Kier molecular flexibility index (Phi) is 4.66. The zero-order valence-electron chi connectivity index (χ0n) is 9.44. The number of hydrogen-bond acceptors (Lipinski definition) is 4. The van der Waals surface area contributed by atoms with Gasteiger partial charge in [-0.25, -0.2) is 0 Å². The zero-order valence-corrected chi connectivity index (χ0v) is 10.2. The van der Waals surface area contributed by atoms with Gasteiger partial charge in [-0.3, -0.25) is 4.79 Å². The number of azo groups is 1. The molecule has 0 heterocycles. The summed E-state index contributed by atoms with van der Waals surface area (Å²) >= 11 is 5.77. The molecule has 17 heavy (non-hydrogen) atoms. The molecule has 0 aliphatic rings. The van der Waals surface area contributed by atoms with Crippen molar-refractivity contribution in [3.8, 4) is 0 Å². The second-order valence-electron chi connectivity index (χ2n) is 3.19. The molecule has 5 nitrogen and oxygen atoms in total. The van der Waals surface area contributed by atoms with Crippen molar-refractivity contribution in [1.29, 1.82) is 0 Å². The van der Waals surface area contributed by atoms with Crippen LogP contribution in [0.5, 0.6) is 0 Å². The van der Waals surface area contributed by atoms with Crippen LogP contribution >= 0.6 is 11.6 Å². The van der Waals surface area contributed by atoms with Gasteiger partial charge in [0.25, 0.3) is 5.91 Å². The standard InChI is InChI=1S/C11H12ClN3O2/c1-7(16)10(11(17)13-2)15-14-9-5-3-4-8(12)6-9/h3-6,16H,1-2H3,(H,13,17)/b10-7-,15-14?. The van der Waals surface area contributed by atoms with Crippen LogP contribution in [0.4, 0.5) is 5.69 Å². The lowest BCUT2D eigenvalue weighted by atomic mass is 10.3. The van der Waals surface area contributed by atoms with Crippen molar-refractivity contribution in [1.82, 2.24) is 5.32 Å². The summed E-state index contributed by atoms with van der Waals surface area (Å²) in [5.41, 5.74) is 0.368. The van der Waals surface area contributed by atoms with Gasteiger partial charge in [-0.05, 0) is 25.1 Å². The Hall–Kier alpha value is -1.88. The SMILES string of the molecule is CNC(=O)/C(N=Nc1cccc(Cl)c1)=C(\C)O. The maximum Gasteiger partial charge on any atom is 0.275 e. The Morgan fingerprint density at radius 3 is 2.71 bits per heavy atom. The Balaban J connectivity index is 2.96. The summed E-state index contributed by atoms with van der Waals surface area (Å²) in [4.78, 5) is 11.3. The molecular formula is C11H12ClN3O2. The van der Waals surface area contributed by atoms with E-state index in [1.807, 2.05) is 0 Å². The van der Waals surface area contributed by atoms with Crippen LogP contribution in [0.15, 0.2) is 46.0 Å². The molecule has 1 amide bonds. The normalized spacial score (nSPS) is 12.4. The van der Waals surface area contributed by atoms with E-state index in [-0.39, 0.29) is 11.5 Å². The minimum Gasteiger partial charge on any atom is -0.510 e. The topological polar surface area (TPSA) is 74.0 Å². The van der Waals surface area contributed by atoms with E-state index < -0.39 is 5.91 Å². The fraction of sp³-hybridized carbons (Fsp3) is 0.182. The summed E-state index contributed by atoms with van der Waals surface area (Å²) in [7, 11) is 1.44. The van der Waals surface area contributed by atoms with Gasteiger partial charge in [0.1, 0.15) is 5.76 Å². The van der Waals surface area contributed by atoms with Crippen LogP contribution in [-0.4, -0.2) is 18.1 Å². The third-order valence-electron chi connectivity index (χ3n) is 1.86. The van der Waals surface area contributed by atoms with Crippen LogP contribution in [0.1, 0.15) is 6.92 Å². The molecule has 1 aromatic carbocycles. The van der Waals surface area contributed by atoms with Crippen LogP contribution in [-0.2, 0) is 4.79 Å². The van der Waals surface area contributed by atoms with Crippen molar-refractivity contribution >= 4 is 23.2 Å². The molecule has 0 saturated carbocycles. The first-order chi connectivity index (χ1) is 8.04. The molecule has 0 aliphatic carbocycles. The van der Waals surface area contributed by atoms with Crippen molar-refractivity contribution < 1.29 is 9.90 Å². The number of nitrogens with one attached hydrogen (secondary N) is 1. The Morgan fingerprint density at radius 2 is 2.18 bits per heavy atom. The smallest absolute Gasteiger partial charge is 0.275 e. The lowest BCUT2D eigenvalue weighted by Crippen LogP contribution is -2.20. The van der Waals surface area contributed by atoms with E-state index in [0.29, 0.717) is 10.7 Å². The molecule has 6 heteroatoms. The molecule has 0 saturated heterocycles. The molecule has 0 aromatic heterocycles. The number of halogens is 1. The van der Waals surface area contributed by atoms with Crippen molar-refractivity contribution in [2.45, 2.75) is 6.92 Å². The summed E-state index contributed by atoms with van der Waals surface area (Å²) in [5, 5.41) is 19.7. The maximum absolute atomic E-state index is 11.3. The third kappa shape index (κ3) is 3.88. The Morgan fingerprint density at radius 1 is 1.47 bits per heavy atom. The molecule has 0 spiro atoms.